The molecule has 2 amide bonds. The summed E-state index contributed by atoms with van der Waals surface area (Å²) >= 11 is 0. The highest BCUT2D eigenvalue weighted by atomic mass is 16.2. The molecular formula is C21H24N3O2+. The zero-order valence-electron chi connectivity index (χ0n) is 14.8. The Kier molecular flexibility index (Phi) is 4.47. The highest BCUT2D eigenvalue weighted by Crippen LogP contribution is 2.24. The Labute approximate surface area is 153 Å². The van der Waals surface area contributed by atoms with Crippen LogP contribution < -0.4 is 16.0 Å². The Hall–Kier alpha value is -2.66. The van der Waals surface area contributed by atoms with Gasteiger partial charge in [0.2, 0.25) is 0 Å². The van der Waals surface area contributed by atoms with Gasteiger partial charge in [-0.1, -0.05) is 30.3 Å². The van der Waals surface area contributed by atoms with E-state index < -0.39 is 0 Å². The molecule has 5 nitrogen and oxygen atoms in total. The molecule has 0 bridgehead atoms. The molecule has 134 valence electrons. The summed E-state index contributed by atoms with van der Waals surface area (Å²) in [5, 5.41) is 2.99. The van der Waals surface area contributed by atoms with Crippen LogP contribution in [0.25, 0.3) is 0 Å². The normalized spacial score (nSPS) is 20.9. The fourth-order valence-electron chi connectivity index (χ4n) is 4.21. The van der Waals surface area contributed by atoms with E-state index in [-0.39, 0.29) is 24.4 Å². The molecule has 2 aromatic carbocycles. The summed E-state index contributed by atoms with van der Waals surface area (Å²) in [6.45, 7) is 0.875. The Morgan fingerprint density at radius 3 is 2.62 bits per heavy atom. The van der Waals surface area contributed by atoms with Gasteiger partial charge in [0.25, 0.3) is 11.8 Å². The van der Waals surface area contributed by atoms with Gasteiger partial charge in [0.05, 0.1) is 0 Å². The number of carbonyl (C=O) groups is 2. The number of anilines is 1. The van der Waals surface area contributed by atoms with E-state index in [1.807, 2.05) is 24.3 Å². The number of rotatable bonds is 4. The van der Waals surface area contributed by atoms with Gasteiger partial charge in [0.1, 0.15) is 6.54 Å². The molecule has 1 unspecified atom stereocenters. The van der Waals surface area contributed by atoms with Crippen LogP contribution in [0, 0.1) is 0 Å². The first-order valence-corrected chi connectivity index (χ1v) is 9.22. The molecule has 2 aliphatic rings. The lowest BCUT2D eigenvalue weighted by Gasteiger charge is -2.31. The second kappa shape index (κ2) is 6.92. The van der Waals surface area contributed by atoms with Gasteiger partial charge >= 0.3 is 0 Å². The van der Waals surface area contributed by atoms with E-state index >= 15 is 0 Å². The molecule has 0 saturated carbocycles. The molecule has 5 heteroatoms. The summed E-state index contributed by atoms with van der Waals surface area (Å²) in [6, 6.07) is 13.8. The van der Waals surface area contributed by atoms with Crippen molar-refractivity contribution in [2.45, 2.75) is 38.3 Å². The molecule has 26 heavy (non-hydrogen) atoms. The van der Waals surface area contributed by atoms with Crippen molar-refractivity contribution in [3.63, 3.8) is 0 Å². The number of primary amides is 1. The highest BCUT2D eigenvalue weighted by Gasteiger charge is 2.34. The molecule has 4 N–H and O–H groups in total. The first-order chi connectivity index (χ1) is 12.6. The lowest BCUT2D eigenvalue weighted by atomic mass is 9.93. The van der Waals surface area contributed by atoms with Gasteiger partial charge < -0.3 is 16.0 Å². The molecule has 0 saturated heterocycles. The zero-order chi connectivity index (χ0) is 18.1. The molecule has 0 spiro atoms. The molecule has 0 radical (unpaired) electrons. The van der Waals surface area contributed by atoms with E-state index in [0.717, 1.165) is 29.0 Å². The molecule has 1 aliphatic heterocycles. The van der Waals surface area contributed by atoms with Crippen molar-refractivity contribution in [3.8, 4) is 0 Å². The minimum absolute atomic E-state index is 0.0800. The summed E-state index contributed by atoms with van der Waals surface area (Å²) < 4.78 is 0. The van der Waals surface area contributed by atoms with Crippen molar-refractivity contribution in [1.29, 1.82) is 0 Å². The molecule has 1 aliphatic carbocycles. The van der Waals surface area contributed by atoms with E-state index in [2.05, 4.69) is 23.5 Å². The van der Waals surface area contributed by atoms with Crippen LogP contribution in [0.5, 0.6) is 0 Å². The third-order valence-corrected chi connectivity index (χ3v) is 5.57. The molecule has 2 aromatic rings. The number of amides is 2. The minimum Gasteiger partial charge on any atom is -0.365 e. The highest BCUT2D eigenvalue weighted by molar-refractivity contribution is 5.91. The smallest absolute Gasteiger partial charge is 0.279 e. The number of hydrogen-bond acceptors (Lipinski definition) is 2. The molecule has 4 rings (SSSR count). The Bertz CT molecular complexity index is 862. The maximum absolute atomic E-state index is 12.6. The SMILES string of the molecule is NC(=O)[C@@H]1Cc2ccccc2C[NH+]1CC(=O)Nc1ccc2c(c1)CCC2. The van der Waals surface area contributed by atoms with Gasteiger partial charge in [-0.15, -0.1) is 0 Å². The Balaban J connectivity index is 1.46. The largest absolute Gasteiger partial charge is 0.365 e. The van der Waals surface area contributed by atoms with Gasteiger partial charge in [-0.05, 0) is 48.1 Å². The molecule has 1 heterocycles. The molecule has 0 aromatic heterocycles. The van der Waals surface area contributed by atoms with Gasteiger partial charge in [-0.3, -0.25) is 9.59 Å². The van der Waals surface area contributed by atoms with Crippen LogP contribution >= 0.6 is 0 Å². The van der Waals surface area contributed by atoms with Gasteiger partial charge in [-0.2, -0.15) is 0 Å². The quantitative estimate of drug-likeness (QED) is 0.756. The maximum Gasteiger partial charge on any atom is 0.279 e. The predicted octanol–water partition coefficient (Wildman–Crippen LogP) is 0.609. The summed E-state index contributed by atoms with van der Waals surface area (Å²) in [5.41, 5.74) is 11.5. The maximum atomic E-state index is 12.6. The topological polar surface area (TPSA) is 76.6 Å². The first kappa shape index (κ1) is 16.8. The Morgan fingerprint density at radius 1 is 1.04 bits per heavy atom. The zero-order valence-corrected chi connectivity index (χ0v) is 14.8. The van der Waals surface area contributed by atoms with Crippen molar-refractivity contribution in [2.24, 2.45) is 5.73 Å². The summed E-state index contributed by atoms with van der Waals surface area (Å²) in [4.78, 5) is 25.4. The van der Waals surface area contributed by atoms with Crippen molar-refractivity contribution in [1.82, 2.24) is 0 Å². The third-order valence-electron chi connectivity index (χ3n) is 5.57. The second-order valence-electron chi connectivity index (χ2n) is 7.32. The molecule has 2 atom stereocenters. The second-order valence-corrected chi connectivity index (χ2v) is 7.32. The first-order valence-electron chi connectivity index (χ1n) is 9.22. The molecular weight excluding hydrogens is 326 g/mol. The number of hydrogen-bond donors (Lipinski definition) is 3. The number of nitrogens with one attached hydrogen (secondary N) is 2. The number of fused-ring (bicyclic) bond motifs is 2. The van der Waals surface area contributed by atoms with E-state index in [1.54, 1.807) is 0 Å². The van der Waals surface area contributed by atoms with Crippen LogP contribution in [0.3, 0.4) is 0 Å². The fraction of sp³-hybridized carbons (Fsp3) is 0.333. The Morgan fingerprint density at radius 2 is 1.81 bits per heavy atom. The van der Waals surface area contributed by atoms with Gasteiger partial charge in [-0.25, -0.2) is 0 Å². The van der Waals surface area contributed by atoms with Gasteiger partial charge in [0.15, 0.2) is 12.6 Å². The fourth-order valence-corrected chi connectivity index (χ4v) is 4.21. The number of benzene rings is 2. The minimum atomic E-state index is -0.365. The number of aryl methyl sites for hydroxylation is 2. The average Bonchev–Trinajstić information content (AvgIpc) is 3.08. The van der Waals surface area contributed by atoms with E-state index in [1.165, 1.54) is 23.1 Å². The van der Waals surface area contributed by atoms with Crippen LogP contribution in [-0.4, -0.2) is 24.4 Å². The van der Waals surface area contributed by atoms with E-state index in [4.69, 9.17) is 5.73 Å². The lowest BCUT2D eigenvalue weighted by Crippen LogP contribution is -3.18. The number of carbonyl (C=O) groups excluding carboxylic acids is 2. The lowest BCUT2D eigenvalue weighted by molar-refractivity contribution is -0.923. The average molecular weight is 350 g/mol. The monoisotopic (exact) mass is 350 g/mol. The summed E-state index contributed by atoms with van der Waals surface area (Å²) in [7, 11) is 0. The predicted molar refractivity (Wildman–Crippen MR) is 99.8 cm³/mol. The van der Waals surface area contributed by atoms with Crippen molar-refractivity contribution in [2.75, 3.05) is 11.9 Å². The van der Waals surface area contributed by atoms with Crippen LogP contribution in [0.2, 0.25) is 0 Å². The van der Waals surface area contributed by atoms with Gasteiger partial charge in [0, 0.05) is 17.7 Å². The number of nitrogens with two attached hydrogens (primary N) is 1. The van der Waals surface area contributed by atoms with Crippen molar-refractivity contribution >= 4 is 17.5 Å². The summed E-state index contributed by atoms with van der Waals surface area (Å²) in [5.74, 6) is -0.427. The standard InChI is InChI=1S/C21H23N3O2/c22-21(26)19-11-16-4-1-2-5-17(16)12-24(19)13-20(25)23-18-9-8-14-6-3-7-15(14)10-18/h1-2,4-5,8-10,19H,3,6-7,11-13H2,(H2,22,26)(H,23,25)/p+1/t19-/m0/s1. The molecule has 0 fully saturated rings. The van der Waals surface area contributed by atoms with Crippen LogP contribution in [0.15, 0.2) is 42.5 Å². The van der Waals surface area contributed by atoms with Crippen LogP contribution in [0.1, 0.15) is 28.7 Å². The third kappa shape index (κ3) is 3.35. The van der Waals surface area contributed by atoms with E-state index in [0.29, 0.717) is 13.0 Å². The summed E-state index contributed by atoms with van der Waals surface area (Å²) in [6.07, 6.45) is 3.98. The number of quaternary nitrogens is 1. The van der Waals surface area contributed by atoms with Crippen molar-refractivity contribution in [3.05, 3.63) is 64.7 Å². The van der Waals surface area contributed by atoms with Crippen LogP contribution in [0.4, 0.5) is 5.69 Å². The van der Waals surface area contributed by atoms with Crippen LogP contribution in [-0.2, 0) is 35.4 Å². The van der Waals surface area contributed by atoms with E-state index in [9.17, 15) is 9.59 Å². The van der Waals surface area contributed by atoms with Crippen molar-refractivity contribution < 1.29 is 14.5 Å².